The van der Waals surface area contributed by atoms with Crippen LogP contribution in [0, 0.1) is 0 Å². The predicted octanol–water partition coefficient (Wildman–Crippen LogP) is 3.40. The number of hydrogen-bond acceptors (Lipinski definition) is 5. The molecule has 0 aromatic heterocycles. The number of carbonyl (C=O) groups is 3. The SMILES string of the molecule is O=C(NCC(=O)N1CC(C(=O)O)Oc2ccccc21)OCC1c2ccccc2-c2ccccc21. The number of ether oxygens (including phenoxy) is 2. The van der Waals surface area contributed by atoms with Crippen LogP contribution >= 0.6 is 0 Å². The summed E-state index contributed by atoms with van der Waals surface area (Å²) >= 11 is 0. The van der Waals surface area contributed by atoms with Crippen LogP contribution in [0.2, 0.25) is 0 Å². The van der Waals surface area contributed by atoms with Gasteiger partial charge in [0.15, 0.2) is 0 Å². The molecule has 1 aliphatic carbocycles. The Bertz CT molecular complexity index is 1230. The number of carbonyl (C=O) groups excluding carboxylic acids is 2. The topological polar surface area (TPSA) is 105 Å². The van der Waals surface area contributed by atoms with E-state index in [1.54, 1.807) is 24.3 Å². The largest absolute Gasteiger partial charge is 0.478 e. The summed E-state index contributed by atoms with van der Waals surface area (Å²) in [7, 11) is 0. The van der Waals surface area contributed by atoms with Crippen molar-refractivity contribution >= 4 is 23.7 Å². The first kappa shape index (κ1) is 21.5. The van der Waals surface area contributed by atoms with E-state index in [0.717, 1.165) is 22.3 Å². The van der Waals surface area contributed by atoms with E-state index in [-0.39, 0.29) is 25.6 Å². The number of benzene rings is 3. The number of nitrogens with one attached hydrogen (secondary N) is 1. The Morgan fingerprint density at radius 1 is 0.941 bits per heavy atom. The number of carboxylic acids is 1. The lowest BCUT2D eigenvalue weighted by atomic mass is 9.98. The van der Waals surface area contributed by atoms with Crippen molar-refractivity contribution in [2.45, 2.75) is 12.0 Å². The molecule has 0 saturated heterocycles. The Morgan fingerprint density at radius 2 is 1.56 bits per heavy atom. The van der Waals surface area contributed by atoms with Gasteiger partial charge in [-0.05, 0) is 34.4 Å². The first-order valence-corrected chi connectivity index (χ1v) is 10.9. The second-order valence-corrected chi connectivity index (χ2v) is 8.10. The molecule has 2 aliphatic rings. The molecule has 2 amide bonds. The molecule has 1 aliphatic heterocycles. The molecule has 1 heterocycles. The highest BCUT2D eigenvalue weighted by Gasteiger charge is 2.34. The van der Waals surface area contributed by atoms with Crippen LogP contribution in [-0.4, -0.2) is 48.9 Å². The van der Waals surface area contributed by atoms with Gasteiger partial charge in [0.05, 0.1) is 12.2 Å². The Labute approximate surface area is 195 Å². The molecule has 8 nitrogen and oxygen atoms in total. The maximum atomic E-state index is 12.8. The van der Waals surface area contributed by atoms with Crippen LogP contribution in [0.5, 0.6) is 5.75 Å². The molecular weight excluding hydrogens is 436 g/mol. The molecule has 0 fully saturated rings. The van der Waals surface area contributed by atoms with E-state index in [1.807, 2.05) is 36.4 Å². The smallest absolute Gasteiger partial charge is 0.407 e. The van der Waals surface area contributed by atoms with Crippen LogP contribution in [0.3, 0.4) is 0 Å². The van der Waals surface area contributed by atoms with Gasteiger partial charge in [-0.25, -0.2) is 9.59 Å². The first-order valence-electron chi connectivity index (χ1n) is 10.9. The summed E-state index contributed by atoms with van der Waals surface area (Å²) in [5, 5.41) is 11.8. The number of rotatable bonds is 5. The number of anilines is 1. The van der Waals surface area contributed by atoms with Gasteiger partial charge in [0.2, 0.25) is 12.0 Å². The van der Waals surface area contributed by atoms with Gasteiger partial charge in [-0.3, -0.25) is 4.79 Å². The van der Waals surface area contributed by atoms with Crippen LogP contribution in [0.4, 0.5) is 10.5 Å². The quantitative estimate of drug-likeness (QED) is 0.607. The number of para-hydroxylation sites is 2. The number of carboxylic acid groups (broad SMARTS) is 1. The van der Waals surface area contributed by atoms with Crippen molar-refractivity contribution in [1.29, 1.82) is 0 Å². The van der Waals surface area contributed by atoms with Gasteiger partial charge in [-0.1, -0.05) is 60.7 Å². The van der Waals surface area contributed by atoms with Crippen molar-refractivity contribution in [2.24, 2.45) is 0 Å². The molecule has 3 aromatic carbocycles. The third-order valence-corrected chi connectivity index (χ3v) is 6.08. The summed E-state index contributed by atoms with van der Waals surface area (Å²) in [6, 6.07) is 22.7. The van der Waals surface area contributed by atoms with Gasteiger partial charge in [0.25, 0.3) is 0 Å². The second kappa shape index (κ2) is 8.90. The zero-order valence-corrected chi connectivity index (χ0v) is 18.1. The third kappa shape index (κ3) is 3.94. The molecule has 34 heavy (non-hydrogen) atoms. The fraction of sp³-hybridized carbons (Fsp3) is 0.192. The van der Waals surface area contributed by atoms with E-state index in [2.05, 4.69) is 17.4 Å². The van der Waals surface area contributed by atoms with Gasteiger partial charge in [0, 0.05) is 5.92 Å². The summed E-state index contributed by atoms with van der Waals surface area (Å²) < 4.78 is 10.9. The van der Waals surface area contributed by atoms with E-state index in [9.17, 15) is 19.5 Å². The third-order valence-electron chi connectivity index (χ3n) is 6.08. The molecule has 0 spiro atoms. The first-order chi connectivity index (χ1) is 16.5. The normalized spacial score (nSPS) is 16.0. The summed E-state index contributed by atoms with van der Waals surface area (Å²) in [4.78, 5) is 38.0. The maximum Gasteiger partial charge on any atom is 0.407 e. The van der Waals surface area contributed by atoms with Gasteiger partial charge >= 0.3 is 12.1 Å². The molecule has 172 valence electrons. The maximum absolute atomic E-state index is 12.8. The van der Waals surface area contributed by atoms with Crippen LogP contribution in [0.15, 0.2) is 72.8 Å². The number of amides is 2. The van der Waals surface area contributed by atoms with Crippen molar-refractivity contribution in [1.82, 2.24) is 5.32 Å². The number of fused-ring (bicyclic) bond motifs is 4. The van der Waals surface area contributed by atoms with Crippen LogP contribution in [-0.2, 0) is 14.3 Å². The lowest BCUT2D eigenvalue weighted by Crippen LogP contribution is -2.50. The Hall–Kier alpha value is -4.33. The van der Waals surface area contributed by atoms with E-state index in [0.29, 0.717) is 11.4 Å². The van der Waals surface area contributed by atoms with Crippen molar-refractivity contribution in [3.63, 3.8) is 0 Å². The van der Waals surface area contributed by atoms with Crippen molar-refractivity contribution < 1.29 is 29.0 Å². The number of alkyl carbamates (subject to hydrolysis) is 1. The molecule has 5 rings (SSSR count). The van der Waals surface area contributed by atoms with E-state index in [1.165, 1.54) is 4.90 Å². The Morgan fingerprint density at radius 3 is 2.24 bits per heavy atom. The molecule has 1 unspecified atom stereocenters. The zero-order chi connectivity index (χ0) is 23.7. The van der Waals surface area contributed by atoms with Gasteiger partial charge < -0.3 is 24.8 Å². The zero-order valence-electron chi connectivity index (χ0n) is 18.1. The second-order valence-electron chi connectivity index (χ2n) is 8.10. The number of aliphatic carboxylic acids is 1. The van der Waals surface area contributed by atoms with E-state index in [4.69, 9.17) is 9.47 Å². The Balaban J connectivity index is 1.22. The monoisotopic (exact) mass is 458 g/mol. The molecule has 0 bridgehead atoms. The van der Waals surface area contributed by atoms with Crippen LogP contribution in [0.25, 0.3) is 11.1 Å². The van der Waals surface area contributed by atoms with Crippen molar-refractivity contribution in [3.8, 4) is 16.9 Å². The highest BCUT2D eigenvalue weighted by Crippen LogP contribution is 2.44. The highest BCUT2D eigenvalue weighted by molar-refractivity contribution is 5.99. The van der Waals surface area contributed by atoms with Crippen molar-refractivity contribution in [3.05, 3.63) is 83.9 Å². The van der Waals surface area contributed by atoms with Crippen LogP contribution < -0.4 is 15.0 Å². The summed E-state index contributed by atoms with van der Waals surface area (Å²) in [5.74, 6) is -1.42. The molecule has 3 aromatic rings. The molecule has 2 N–H and O–H groups in total. The standard InChI is InChI=1S/C26H22N2O6/c29-24(28-14-23(25(30)31)34-22-12-6-5-11-21(22)28)13-27-26(32)33-15-20-18-9-3-1-7-16(18)17-8-2-4-10-19(17)20/h1-12,20,23H,13-15H2,(H,27,32)(H,30,31). The number of hydrogen-bond donors (Lipinski definition) is 2. The molecule has 0 radical (unpaired) electrons. The average Bonchev–Trinajstić information content (AvgIpc) is 3.19. The lowest BCUT2D eigenvalue weighted by molar-refractivity contribution is -0.145. The minimum absolute atomic E-state index is 0.0868. The average molecular weight is 458 g/mol. The molecule has 0 saturated carbocycles. The van der Waals surface area contributed by atoms with E-state index < -0.39 is 24.1 Å². The summed E-state index contributed by atoms with van der Waals surface area (Å²) in [6.07, 6.45) is -1.90. The minimum atomic E-state index is -1.19. The number of nitrogens with zero attached hydrogens (tertiary/aromatic N) is 1. The van der Waals surface area contributed by atoms with Gasteiger partial charge in [-0.15, -0.1) is 0 Å². The van der Waals surface area contributed by atoms with Crippen molar-refractivity contribution in [2.75, 3.05) is 24.6 Å². The van der Waals surface area contributed by atoms with E-state index >= 15 is 0 Å². The molecule has 8 heteroatoms. The Kier molecular flexibility index (Phi) is 5.63. The van der Waals surface area contributed by atoms with Crippen LogP contribution in [0.1, 0.15) is 17.0 Å². The van der Waals surface area contributed by atoms with Gasteiger partial charge in [-0.2, -0.15) is 0 Å². The predicted molar refractivity (Wildman–Crippen MR) is 124 cm³/mol. The van der Waals surface area contributed by atoms with Gasteiger partial charge in [0.1, 0.15) is 18.9 Å². The summed E-state index contributed by atoms with van der Waals surface area (Å²) in [5.41, 5.74) is 4.90. The highest BCUT2D eigenvalue weighted by atomic mass is 16.5. The minimum Gasteiger partial charge on any atom is -0.478 e. The molecular formula is C26H22N2O6. The fourth-order valence-corrected chi connectivity index (χ4v) is 4.49. The summed E-state index contributed by atoms with van der Waals surface area (Å²) in [6.45, 7) is -0.357. The fourth-order valence-electron chi connectivity index (χ4n) is 4.49. The molecule has 1 atom stereocenters. The lowest BCUT2D eigenvalue weighted by Gasteiger charge is -2.33.